The molecule has 0 saturated heterocycles. The molecule has 2 aromatic carbocycles. The number of amides is 2. The molecule has 0 spiro atoms. The van der Waals surface area contributed by atoms with Crippen molar-refractivity contribution in [3.63, 3.8) is 0 Å². The first kappa shape index (κ1) is 20.8. The second kappa shape index (κ2) is 9.04. The summed E-state index contributed by atoms with van der Waals surface area (Å²) in [6.45, 7) is 4.23. The number of nitrogens with zero attached hydrogens (tertiary/aromatic N) is 2. The van der Waals surface area contributed by atoms with Gasteiger partial charge in [-0.2, -0.15) is 0 Å². The fourth-order valence-electron chi connectivity index (χ4n) is 3.12. The summed E-state index contributed by atoms with van der Waals surface area (Å²) in [7, 11) is 0. The Morgan fingerprint density at radius 3 is 2.10 bits per heavy atom. The molecule has 0 aliphatic carbocycles. The smallest absolute Gasteiger partial charge is 0.269 e. The highest BCUT2D eigenvalue weighted by atomic mass is 16.6. The molecule has 3 rings (SSSR count). The Morgan fingerprint density at radius 2 is 1.53 bits per heavy atom. The van der Waals surface area contributed by atoms with Gasteiger partial charge in [0.05, 0.1) is 4.92 Å². The number of aryl methyl sites for hydroxylation is 2. The highest BCUT2D eigenvalue weighted by Crippen LogP contribution is 2.18. The van der Waals surface area contributed by atoms with Gasteiger partial charge in [0, 0.05) is 53.4 Å². The second-order valence-electron chi connectivity index (χ2n) is 6.86. The predicted octanol–water partition coefficient (Wildman–Crippen LogP) is 3.76. The number of hydrogen-bond donors (Lipinski definition) is 2. The molecule has 0 bridgehead atoms. The van der Waals surface area contributed by atoms with E-state index in [9.17, 15) is 19.7 Å². The average Bonchev–Trinajstić information content (AvgIpc) is 3.06. The largest absolute Gasteiger partial charge is 0.352 e. The van der Waals surface area contributed by atoms with Crippen LogP contribution in [0.25, 0.3) is 5.69 Å². The van der Waals surface area contributed by atoms with Gasteiger partial charge in [-0.25, -0.2) is 0 Å². The van der Waals surface area contributed by atoms with E-state index < -0.39 is 4.92 Å². The first-order valence-corrected chi connectivity index (χ1v) is 9.43. The number of non-ortho nitro benzene ring substituents is 1. The number of benzene rings is 2. The standard InChI is InChI=1S/C22H22N4O4/c1-15-3-4-16(2)25(15)19-11-7-18(8-12-19)24-21(27)13-14-23-22(28)17-5-9-20(10-6-17)26(29)30/h3-12H,13-14H2,1-2H3,(H,23,28)(H,24,27). The summed E-state index contributed by atoms with van der Waals surface area (Å²) in [5.41, 5.74) is 4.17. The Labute approximate surface area is 173 Å². The zero-order valence-electron chi connectivity index (χ0n) is 16.7. The lowest BCUT2D eigenvalue weighted by atomic mass is 10.2. The number of nitrogens with one attached hydrogen (secondary N) is 2. The number of nitro benzene ring substituents is 1. The summed E-state index contributed by atoms with van der Waals surface area (Å²) in [4.78, 5) is 34.3. The van der Waals surface area contributed by atoms with E-state index in [0.717, 1.165) is 17.1 Å². The zero-order valence-corrected chi connectivity index (χ0v) is 16.7. The van der Waals surface area contributed by atoms with Crippen LogP contribution in [0.5, 0.6) is 0 Å². The van der Waals surface area contributed by atoms with Crippen LogP contribution in [0.3, 0.4) is 0 Å². The van der Waals surface area contributed by atoms with Gasteiger partial charge in [-0.3, -0.25) is 19.7 Å². The average molecular weight is 406 g/mol. The van der Waals surface area contributed by atoms with Gasteiger partial charge >= 0.3 is 0 Å². The number of carbonyl (C=O) groups excluding carboxylic acids is 2. The van der Waals surface area contributed by atoms with Crippen molar-refractivity contribution < 1.29 is 14.5 Å². The predicted molar refractivity (Wildman–Crippen MR) is 114 cm³/mol. The highest BCUT2D eigenvalue weighted by Gasteiger charge is 2.10. The van der Waals surface area contributed by atoms with Gasteiger partial charge in [0.15, 0.2) is 0 Å². The quantitative estimate of drug-likeness (QED) is 0.460. The van der Waals surface area contributed by atoms with Crippen molar-refractivity contribution in [1.29, 1.82) is 0 Å². The van der Waals surface area contributed by atoms with Crippen LogP contribution in [0.15, 0.2) is 60.7 Å². The molecule has 1 aromatic heterocycles. The maximum Gasteiger partial charge on any atom is 0.269 e. The zero-order chi connectivity index (χ0) is 21.7. The molecular weight excluding hydrogens is 384 g/mol. The summed E-state index contributed by atoms with van der Waals surface area (Å²) < 4.78 is 2.12. The van der Waals surface area contributed by atoms with E-state index in [0.29, 0.717) is 11.3 Å². The minimum atomic E-state index is -0.528. The van der Waals surface area contributed by atoms with E-state index in [1.165, 1.54) is 24.3 Å². The summed E-state index contributed by atoms with van der Waals surface area (Å²) in [6, 6.07) is 16.9. The minimum absolute atomic E-state index is 0.0842. The Morgan fingerprint density at radius 1 is 0.933 bits per heavy atom. The highest BCUT2D eigenvalue weighted by molar-refractivity contribution is 5.95. The molecule has 3 aromatic rings. The van der Waals surface area contributed by atoms with Crippen LogP contribution in [-0.2, 0) is 4.79 Å². The Bertz CT molecular complexity index is 1050. The summed E-state index contributed by atoms with van der Waals surface area (Å²) in [5.74, 6) is -0.611. The first-order valence-electron chi connectivity index (χ1n) is 9.43. The number of rotatable bonds is 7. The number of nitro groups is 1. The molecule has 0 atom stereocenters. The van der Waals surface area contributed by atoms with Gasteiger partial charge in [-0.1, -0.05) is 0 Å². The molecule has 2 amide bonds. The van der Waals surface area contributed by atoms with Crippen LogP contribution in [0.4, 0.5) is 11.4 Å². The first-order chi connectivity index (χ1) is 14.3. The molecule has 8 heteroatoms. The fraction of sp³-hybridized carbons (Fsp3) is 0.182. The Hall–Kier alpha value is -3.94. The molecule has 8 nitrogen and oxygen atoms in total. The number of aromatic nitrogens is 1. The number of carbonyl (C=O) groups is 2. The van der Waals surface area contributed by atoms with Crippen LogP contribution in [0, 0.1) is 24.0 Å². The van der Waals surface area contributed by atoms with Gasteiger partial charge in [-0.15, -0.1) is 0 Å². The van der Waals surface area contributed by atoms with E-state index in [1.807, 2.05) is 38.1 Å². The van der Waals surface area contributed by atoms with Crippen LogP contribution in [0.1, 0.15) is 28.2 Å². The Balaban J connectivity index is 1.49. The lowest BCUT2D eigenvalue weighted by Gasteiger charge is -2.11. The van der Waals surface area contributed by atoms with Crippen molar-refractivity contribution in [3.05, 3.63) is 87.7 Å². The second-order valence-corrected chi connectivity index (χ2v) is 6.86. The Kier molecular flexibility index (Phi) is 6.26. The molecule has 154 valence electrons. The third kappa shape index (κ3) is 4.91. The van der Waals surface area contributed by atoms with Crippen LogP contribution < -0.4 is 10.6 Å². The number of anilines is 1. The van der Waals surface area contributed by atoms with Gasteiger partial charge in [0.2, 0.25) is 5.91 Å². The molecule has 0 aliphatic rings. The lowest BCUT2D eigenvalue weighted by molar-refractivity contribution is -0.384. The minimum Gasteiger partial charge on any atom is -0.352 e. The molecule has 0 aliphatic heterocycles. The maximum atomic E-state index is 12.1. The molecule has 2 N–H and O–H groups in total. The lowest BCUT2D eigenvalue weighted by Crippen LogP contribution is -2.27. The van der Waals surface area contributed by atoms with Crippen molar-refractivity contribution >= 4 is 23.2 Å². The summed E-state index contributed by atoms with van der Waals surface area (Å²) in [6.07, 6.45) is 0.107. The van der Waals surface area contributed by atoms with E-state index in [4.69, 9.17) is 0 Å². The molecule has 0 saturated carbocycles. The number of hydrogen-bond acceptors (Lipinski definition) is 4. The van der Waals surface area contributed by atoms with E-state index in [1.54, 1.807) is 0 Å². The molecular formula is C22H22N4O4. The van der Waals surface area contributed by atoms with Crippen molar-refractivity contribution in [2.45, 2.75) is 20.3 Å². The molecule has 0 fully saturated rings. The topological polar surface area (TPSA) is 106 Å². The van der Waals surface area contributed by atoms with Crippen molar-refractivity contribution in [1.82, 2.24) is 9.88 Å². The van der Waals surface area contributed by atoms with Gasteiger partial charge in [0.25, 0.3) is 11.6 Å². The maximum absolute atomic E-state index is 12.1. The van der Waals surface area contributed by atoms with Crippen molar-refractivity contribution in [3.8, 4) is 5.69 Å². The van der Waals surface area contributed by atoms with E-state index in [2.05, 4.69) is 27.3 Å². The van der Waals surface area contributed by atoms with Crippen molar-refractivity contribution in [2.24, 2.45) is 0 Å². The monoisotopic (exact) mass is 406 g/mol. The van der Waals surface area contributed by atoms with Crippen LogP contribution in [0.2, 0.25) is 0 Å². The van der Waals surface area contributed by atoms with Crippen LogP contribution in [-0.4, -0.2) is 27.8 Å². The summed E-state index contributed by atoms with van der Waals surface area (Å²) >= 11 is 0. The molecule has 30 heavy (non-hydrogen) atoms. The van der Waals surface area contributed by atoms with Gasteiger partial charge in [0.1, 0.15) is 0 Å². The molecule has 0 unspecified atom stereocenters. The van der Waals surface area contributed by atoms with E-state index in [-0.39, 0.29) is 30.5 Å². The van der Waals surface area contributed by atoms with Gasteiger partial charge < -0.3 is 15.2 Å². The third-order valence-electron chi connectivity index (χ3n) is 4.66. The van der Waals surface area contributed by atoms with Crippen LogP contribution >= 0.6 is 0 Å². The molecule has 0 radical (unpaired) electrons. The summed E-state index contributed by atoms with van der Waals surface area (Å²) in [5, 5.41) is 16.1. The third-order valence-corrected chi connectivity index (χ3v) is 4.66. The molecule has 1 heterocycles. The normalized spacial score (nSPS) is 10.5. The van der Waals surface area contributed by atoms with Gasteiger partial charge in [-0.05, 0) is 62.4 Å². The SMILES string of the molecule is Cc1ccc(C)n1-c1ccc(NC(=O)CCNC(=O)c2ccc([N+](=O)[O-])cc2)cc1. The fourth-order valence-corrected chi connectivity index (χ4v) is 3.12. The van der Waals surface area contributed by atoms with Crippen molar-refractivity contribution in [2.75, 3.05) is 11.9 Å². The van der Waals surface area contributed by atoms with E-state index >= 15 is 0 Å².